The van der Waals surface area contributed by atoms with Crippen LogP contribution < -0.4 is 10.2 Å². The lowest BCUT2D eigenvalue weighted by atomic mass is 9.95. The van der Waals surface area contributed by atoms with E-state index >= 15 is 0 Å². The highest BCUT2D eigenvalue weighted by Gasteiger charge is 2.51. The normalized spacial score (nSPS) is 23.9. The number of piperazine rings is 2. The maximum atomic E-state index is 13.3. The summed E-state index contributed by atoms with van der Waals surface area (Å²) in [5, 5.41) is 14.7. The summed E-state index contributed by atoms with van der Waals surface area (Å²) >= 11 is 1.15. The van der Waals surface area contributed by atoms with Gasteiger partial charge in [0.1, 0.15) is 4.21 Å². The zero-order valence-electron chi connectivity index (χ0n) is 21.5. The molecule has 0 aliphatic carbocycles. The monoisotopic (exact) mass is 574 g/mol. The predicted molar refractivity (Wildman–Crippen MR) is 139 cm³/mol. The fourth-order valence-electron chi connectivity index (χ4n) is 5.15. The first-order valence-corrected chi connectivity index (χ1v) is 14.8. The highest BCUT2D eigenvalue weighted by molar-refractivity contribution is 7.91. The molecule has 2 aliphatic rings. The van der Waals surface area contributed by atoms with Crippen LogP contribution in [-0.4, -0.2) is 86.2 Å². The number of halogens is 3. The number of aliphatic hydroxyl groups is 1. The van der Waals surface area contributed by atoms with Crippen LogP contribution in [0.15, 0.2) is 46.0 Å². The smallest absolute Gasteiger partial charge is 0.376 e. The van der Waals surface area contributed by atoms with Crippen LogP contribution in [0.3, 0.4) is 0 Å². The second-order valence-corrected chi connectivity index (χ2v) is 13.3. The third-order valence-corrected chi connectivity index (χ3v) is 10.5. The van der Waals surface area contributed by atoms with Crippen molar-refractivity contribution in [3.63, 3.8) is 0 Å². The summed E-state index contributed by atoms with van der Waals surface area (Å²) in [5.41, 5.74) is -2.66. The number of alkyl halides is 3. The maximum absolute atomic E-state index is 13.3. The highest BCUT2D eigenvalue weighted by atomic mass is 32.2. The summed E-state index contributed by atoms with van der Waals surface area (Å²) in [7, 11) is -3.71. The molecule has 2 aromatic rings. The number of rotatable bonds is 7. The fraction of sp³-hybridized carbons (Fsp3) is 0.560. The second kappa shape index (κ2) is 10.8. The molecule has 1 unspecified atom stereocenters. The standard InChI is InChI=1S/C25H33F3N4O4S2/c1-17(2)22-23(33)29-10-11-30(22)15-20-16-31(38(35,36)21-5-4-14-37-21)12-13-32(20)19-8-6-18(7-9-19)24(3,34)25(26,27)28/h4-9,14,17,20,22,34H,10-13,15-16H2,1-3H3,(H,29,33)/t20-,22+,24?/m0/s1. The van der Waals surface area contributed by atoms with Crippen LogP contribution >= 0.6 is 11.3 Å². The van der Waals surface area contributed by atoms with Crippen molar-refractivity contribution in [2.45, 2.75) is 48.8 Å². The van der Waals surface area contributed by atoms with Gasteiger partial charge < -0.3 is 15.3 Å². The van der Waals surface area contributed by atoms with Crippen molar-refractivity contribution < 1.29 is 31.5 Å². The maximum Gasteiger partial charge on any atom is 0.421 e. The number of nitrogens with one attached hydrogen (secondary N) is 1. The van der Waals surface area contributed by atoms with Crippen LogP contribution in [0, 0.1) is 5.92 Å². The Morgan fingerprint density at radius 3 is 2.39 bits per heavy atom. The topological polar surface area (TPSA) is 93.2 Å². The Morgan fingerprint density at radius 1 is 1.13 bits per heavy atom. The Bertz CT molecular complexity index is 1220. The number of nitrogens with zero attached hydrogens (tertiary/aromatic N) is 3. The number of anilines is 1. The SMILES string of the molecule is CC(C)[C@@H]1C(=O)NCCN1C[C@H]1CN(S(=O)(=O)c2cccs2)CCN1c1ccc(C(C)(O)C(F)(F)F)cc1. The van der Waals surface area contributed by atoms with Crippen LogP contribution in [0.25, 0.3) is 0 Å². The number of hydrogen-bond acceptors (Lipinski definition) is 7. The number of carbonyl (C=O) groups is 1. The molecular weight excluding hydrogens is 541 g/mol. The van der Waals surface area contributed by atoms with Crippen LogP contribution in [0.2, 0.25) is 0 Å². The van der Waals surface area contributed by atoms with Crippen molar-refractivity contribution in [1.29, 1.82) is 0 Å². The number of sulfonamides is 1. The lowest BCUT2D eigenvalue weighted by Crippen LogP contribution is -2.63. The van der Waals surface area contributed by atoms with Gasteiger partial charge in [0.2, 0.25) is 5.91 Å². The number of benzene rings is 1. The Hall–Kier alpha value is -2.19. The second-order valence-electron chi connectivity index (χ2n) is 10.2. The molecule has 2 saturated heterocycles. The first kappa shape index (κ1) is 28.8. The van der Waals surface area contributed by atoms with Crippen LogP contribution in [0.1, 0.15) is 26.3 Å². The quantitative estimate of drug-likeness (QED) is 0.529. The lowest BCUT2D eigenvalue weighted by Gasteiger charge is -2.46. The third kappa shape index (κ3) is 5.57. The molecule has 1 aromatic heterocycles. The van der Waals surface area contributed by atoms with E-state index < -0.39 is 21.8 Å². The minimum Gasteiger partial charge on any atom is -0.376 e. The van der Waals surface area contributed by atoms with Gasteiger partial charge in [-0.3, -0.25) is 9.69 Å². The summed E-state index contributed by atoms with van der Waals surface area (Å²) in [4.78, 5) is 16.7. The van der Waals surface area contributed by atoms with E-state index in [1.54, 1.807) is 17.5 Å². The minimum atomic E-state index is -4.83. The van der Waals surface area contributed by atoms with Crippen molar-refractivity contribution >= 4 is 33.0 Å². The van der Waals surface area contributed by atoms with E-state index in [1.807, 2.05) is 18.7 Å². The van der Waals surface area contributed by atoms with Crippen molar-refractivity contribution in [1.82, 2.24) is 14.5 Å². The zero-order valence-corrected chi connectivity index (χ0v) is 23.1. The lowest BCUT2D eigenvalue weighted by molar-refractivity contribution is -0.258. The van der Waals surface area contributed by atoms with Gasteiger partial charge in [-0.15, -0.1) is 11.3 Å². The molecule has 0 saturated carbocycles. The molecule has 0 bridgehead atoms. The molecule has 0 radical (unpaired) electrons. The molecule has 3 atom stereocenters. The van der Waals surface area contributed by atoms with Gasteiger partial charge in [-0.05, 0) is 42.0 Å². The van der Waals surface area contributed by atoms with Crippen molar-refractivity contribution in [3.05, 3.63) is 47.3 Å². The van der Waals surface area contributed by atoms with E-state index in [0.29, 0.717) is 38.8 Å². The van der Waals surface area contributed by atoms with Gasteiger partial charge in [0, 0.05) is 45.0 Å². The van der Waals surface area contributed by atoms with E-state index in [4.69, 9.17) is 0 Å². The molecule has 1 amide bonds. The Kier molecular flexibility index (Phi) is 8.16. The van der Waals surface area contributed by atoms with E-state index in [0.717, 1.165) is 11.3 Å². The number of amides is 1. The molecule has 0 spiro atoms. The van der Waals surface area contributed by atoms with Crippen molar-refractivity contribution in [2.24, 2.45) is 5.92 Å². The minimum absolute atomic E-state index is 0.0298. The summed E-state index contributed by atoms with van der Waals surface area (Å²) < 4.78 is 68.3. The third-order valence-electron chi connectivity index (χ3n) is 7.28. The van der Waals surface area contributed by atoms with Crippen LogP contribution in [0.4, 0.5) is 18.9 Å². The molecule has 2 aliphatic heterocycles. The largest absolute Gasteiger partial charge is 0.421 e. The fourth-order valence-corrected chi connectivity index (χ4v) is 7.77. The molecule has 1 aromatic carbocycles. The van der Waals surface area contributed by atoms with Gasteiger partial charge in [-0.2, -0.15) is 17.5 Å². The first-order valence-electron chi connectivity index (χ1n) is 12.4. The summed E-state index contributed by atoms with van der Waals surface area (Å²) in [5.74, 6) is -0.0439. The molecule has 38 heavy (non-hydrogen) atoms. The van der Waals surface area contributed by atoms with E-state index in [2.05, 4.69) is 10.2 Å². The molecule has 3 heterocycles. The summed E-state index contributed by atoms with van der Waals surface area (Å²) in [6.07, 6.45) is -4.83. The molecule has 2 fully saturated rings. The molecule has 2 N–H and O–H groups in total. The first-order chi connectivity index (χ1) is 17.7. The van der Waals surface area contributed by atoms with Crippen LogP contribution in [0.5, 0.6) is 0 Å². The van der Waals surface area contributed by atoms with Crippen LogP contribution in [-0.2, 0) is 20.4 Å². The van der Waals surface area contributed by atoms with Gasteiger partial charge in [0.05, 0.1) is 12.1 Å². The number of carbonyl (C=O) groups excluding carboxylic acids is 1. The summed E-state index contributed by atoms with van der Waals surface area (Å²) in [6, 6.07) is 8.06. The summed E-state index contributed by atoms with van der Waals surface area (Å²) in [6.45, 7) is 6.78. The van der Waals surface area contributed by atoms with Gasteiger partial charge in [-0.1, -0.05) is 32.0 Å². The van der Waals surface area contributed by atoms with E-state index in [9.17, 15) is 31.5 Å². The molecule has 13 heteroatoms. The van der Waals surface area contributed by atoms with Gasteiger partial charge in [0.25, 0.3) is 10.0 Å². The Balaban J connectivity index is 1.64. The van der Waals surface area contributed by atoms with Gasteiger partial charge in [0.15, 0.2) is 5.60 Å². The molecular formula is C25H33F3N4O4S2. The predicted octanol–water partition coefficient (Wildman–Crippen LogP) is 2.85. The average Bonchev–Trinajstić information content (AvgIpc) is 3.39. The zero-order chi connectivity index (χ0) is 27.9. The molecule has 210 valence electrons. The Labute approximate surface area is 225 Å². The molecule has 4 rings (SSSR count). The van der Waals surface area contributed by atoms with Crippen molar-refractivity contribution in [2.75, 3.05) is 44.2 Å². The number of hydrogen-bond donors (Lipinski definition) is 2. The van der Waals surface area contributed by atoms with Gasteiger partial charge >= 0.3 is 6.18 Å². The van der Waals surface area contributed by atoms with E-state index in [1.165, 1.54) is 28.6 Å². The number of thiophene rings is 1. The molecule has 8 nitrogen and oxygen atoms in total. The highest BCUT2D eigenvalue weighted by Crippen LogP contribution is 2.39. The van der Waals surface area contributed by atoms with Gasteiger partial charge in [-0.25, -0.2) is 8.42 Å². The Morgan fingerprint density at radius 2 is 1.82 bits per heavy atom. The average molecular weight is 575 g/mol. The van der Waals surface area contributed by atoms with Crippen molar-refractivity contribution in [3.8, 4) is 0 Å². The van der Waals surface area contributed by atoms with E-state index in [-0.39, 0.29) is 46.8 Å².